The minimum absolute atomic E-state index is 0.0506. The van der Waals surface area contributed by atoms with Crippen LogP contribution < -0.4 is 5.32 Å². The second-order valence-electron chi connectivity index (χ2n) is 4.91. The molecule has 0 radical (unpaired) electrons. The van der Waals surface area contributed by atoms with Gasteiger partial charge in [-0.2, -0.15) is 0 Å². The highest BCUT2D eigenvalue weighted by Crippen LogP contribution is 2.13. The van der Waals surface area contributed by atoms with Crippen LogP contribution in [0.1, 0.15) is 23.2 Å². The standard InChI is InChI=1S/C14H15ClF2N2O2/c15-7-13(20)19-5-1-2-10(8-19)18-14(21)9-3-4-11(16)12(17)6-9/h3-4,6,10H,1-2,5,7-8H2,(H,18,21). The summed E-state index contributed by atoms with van der Waals surface area (Å²) in [6.45, 7) is 0.990. The van der Waals surface area contributed by atoms with Crippen molar-refractivity contribution in [3.05, 3.63) is 35.4 Å². The molecule has 21 heavy (non-hydrogen) atoms. The van der Waals surface area contributed by atoms with Gasteiger partial charge in [0.05, 0.1) is 0 Å². The van der Waals surface area contributed by atoms with Crippen molar-refractivity contribution in [2.45, 2.75) is 18.9 Å². The van der Waals surface area contributed by atoms with Gasteiger partial charge in [-0.15, -0.1) is 11.6 Å². The summed E-state index contributed by atoms with van der Waals surface area (Å²) in [5.41, 5.74) is 0.0506. The van der Waals surface area contributed by atoms with Crippen molar-refractivity contribution >= 4 is 23.4 Å². The minimum atomic E-state index is -1.06. The van der Waals surface area contributed by atoms with Gasteiger partial charge in [0.2, 0.25) is 5.91 Å². The van der Waals surface area contributed by atoms with E-state index in [0.717, 1.165) is 25.0 Å². The molecular formula is C14H15ClF2N2O2. The average molecular weight is 317 g/mol. The van der Waals surface area contributed by atoms with Gasteiger partial charge in [0, 0.05) is 24.7 Å². The number of carbonyl (C=O) groups excluding carboxylic acids is 2. The van der Waals surface area contributed by atoms with Crippen molar-refractivity contribution in [3.8, 4) is 0 Å². The van der Waals surface area contributed by atoms with Crippen LogP contribution in [-0.4, -0.2) is 41.7 Å². The molecule has 1 atom stereocenters. The molecule has 0 aliphatic carbocycles. The molecule has 4 nitrogen and oxygen atoms in total. The summed E-state index contributed by atoms with van der Waals surface area (Å²) in [5, 5.41) is 2.73. The van der Waals surface area contributed by atoms with E-state index in [4.69, 9.17) is 11.6 Å². The molecule has 1 unspecified atom stereocenters. The molecule has 2 rings (SSSR count). The van der Waals surface area contributed by atoms with E-state index in [2.05, 4.69) is 5.32 Å². The summed E-state index contributed by atoms with van der Waals surface area (Å²) in [5.74, 6) is -2.82. The molecule has 1 saturated heterocycles. The Morgan fingerprint density at radius 3 is 2.76 bits per heavy atom. The van der Waals surface area contributed by atoms with Gasteiger partial charge in [-0.3, -0.25) is 9.59 Å². The number of carbonyl (C=O) groups is 2. The van der Waals surface area contributed by atoms with E-state index in [0.29, 0.717) is 13.1 Å². The summed E-state index contributed by atoms with van der Waals surface area (Å²) >= 11 is 5.51. The first-order valence-electron chi connectivity index (χ1n) is 6.61. The van der Waals surface area contributed by atoms with Crippen LogP contribution in [0.15, 0.2) is 18.2 Å². The van der Waals surface area contributed by atoms with Crippen LogP contribution >= 0.6 is 11.6 Å². The smallest absolute Gasteiger partial charge is 0.251 e. The molecule has 1 aromatic rings. The lowest BCUT2D eigenvalue weighted by molar-refractivity contribution is -0.129. The number of halogens is 3. The molecule has 7 heteroatoms. The molecule has 0 spiro atoms. The van der Waals surface area contributed by atoms with Gasteiger partial charge in [0.1, 0.15) is 5.88 Å². The molecule has 1 N–H and O–H groups in total. The Hall–Kier alpha value is -1.69. The molecule has 1 aliphatic rings. The second-order valence-corrected chi connectivity index (χ2v) is 5.18. The summed E-state index contributed by atoms with van der Waals surface area (Å²) in [6, 6.07) is 2.77. The number of nitrogens with one attached hydrogen (secondary N) is 1. The minimum Gasteiger partial charge on any atom is -0.348 e. The maximum Gasteiger partial charge on any atom is 0.251 e. The van der Waals surface area contributed by atoms with Crippen LogP contribution in [0.3, 0.4) is 0 Å². The molecule has 1 fully saturated rings. The number of amides is 2. The van der Waals surface area contributed by atoms with E-state index in [1.807, 2.05) is 0 Å². The lowest BCUT2D eigenvalue weighted by Gasteiger charge is -2.32. The van der Waals surface area contributed by atoms with Crippen LogP contribution in [0.5, 0.6) is 0 Å². The summed E-state index contributed by atoms with van der Waals surface area (Å²) in [6.07, 6.45) is 1.48. The predicted molar refractivity (Wildman–Crippen MR) is 74.1 cm³/mol. The van der Waals surface area contributed by atoms with Crippen molar-refractivity contribution in [1.82, 2.24) is 10.2 Å². The fourth-order valence-electron chi connectivity index (χ4n) is 2.31. The zero-order valence-corrected chi connectivity index (χ0v) is 12.0. The molecule has 0 aromatic heterocycles. The van der Waals surface area contributed by atoms with E-state index in [1.165, 1.54) is 6.07 Å². The number of likely N-dealkylation sites (tertiary alicyclic amines) is 1. The Morgan fingerprint density at radius 1 is 1.33 bits per heavy atom. The number of hydrogen-bond acceptors (Lipinski definition) is 2. The maximum atomic E-state index is 13.1. The Bertz CT molecular complexity index is 554. The SMILES string of the molecule is O=C(NC1CCCN(C(=O)CCl)C1)c1ccc(F)c(F)c1. The number of benzene rings is 1. The van der Waals surface area contributed by atoms with Crippen LogP contribution in [0.25, 0.3) is 0 Å². The Kier molecular flexibility index (Phi) is 5.12. The van der Waals surface area contributed by atoms with E-state index < -0.39 is 17.5 Å². The van der Waals surface area contributed by atoms with Gasteiger partial charge in [-0.1, -0.05) is 0 Å². The maximum absolute atomic E-state index is 13.1. The first-order chi connectivity index (χ1) is 10.0. The highest BCUT2D eigenvalue weighted by molar-refractivity contribution is 6.27. The first kappa shape index (κ1) is 15.7. The molecular weight excluding hydrogens is 302 g/mol. The lowest BCUT2D eigenvalue weighted by Crippen LogP contribution is -2.50. The van der Waals surface area contributed by atoms with Crippen molar-refractivity contribution in [3.63, 3.8) is 0 Å². The summed E-state index contributed by atoms with van der Waals surface area (Å²) in [4.78, 5) is 25.1. The number of alkyl halides is 1. The lowest BCUT2D eigenvalue weighted by atomic mass is 10.0. The largest absolute Gasteiger partial charge is 0.348 e. The third-order valence-corrected chi connectivity index (χ3v) is 3.63. The van der Waals surface area contributed by atoms with Crippen LogP contribution in [0, 0.1) is 11.6 Å². The Morgan fingerprint density at radius 2 is 2.10 bits per heavy atom. The molecule has 114 valence electrons. The topological polar surface area (TPSA) is 49.4 Å². The molecule has 1 heterocycles. The average Bonchev–Trinajstić information content (AvgIpc) is 2.49. The van der Waals surface area contributed by atoms with E-state index in [9.17, 15) is 18.4 Å². The van der Waals surface area contributed by atoms with Crippen molar-refractivity contribution in [2.75, 3.05) is 19.0 Å². The van der Waals surface area contributed by atoms with Gasteiger partial charge in [-0.25, -0.2) is 8.78 Å². The fraction of sp³-hybridized carbons (Fsp3) is 0.429. The first-order valence-corrected chi connectivity index (χ1v) is 7.14. The van der Waals surface area contributed by atoms with Gasteiger partial charge in [0.25, 0.3) is 5.91 Å². The normalized spacial score (nSPS) is 18.4. The van der Waals surface area contributed by atoms with Crippen molar-refractivity contribution in [1.29, 1.82) is 0 Å². The highest BCUT2D eigenvalue weighted by Gasteiger charge is 2.24. The van der Waals surface area contributed by atoms with Crippen LogP contribution in [-0.2, 0) is 4.79 Å². The van der Waals surface area contributed by atoms with Crippen LogP contribution in [0.4, 0.5) is 8.78 Å². The highest BCUT2D eigenvalue weighted by atomic mass is 35.5. The molecule has 1 aromatic carbocycles. The van der Waals surface area contributed by atoms with Gasteiger partial charge < -0.3 is 10.2 Å². The predicted octanol–water partition coefficient (Wildman–Crippen LogP) is 1.92. The van der Waals surface area contributed by atoms with E-state index in [-0.39, 0.29) is 23.4 Å². The van der Waals surface area contributed by atoms with Gasteiger partial charge >= 0.3 is 0 Å². The second kappa shape index (κ2) is 6.85. The number of rotatable bonds is 3. The quantitative estimate of drug-likeness (QED) is 0.866. The third kappa shape index (κ3) is 3.91. The van der Waals surface area contributed by atoms with Gasteiger partial charge in [-0.05, 0) is 31.0 Å². The molecule has 0 saturated carbocycles. The summed E-state index contributed by atoms with van der Waals surface area (Å²) in [7, 11) is 0. The zero-order valence-electron chi connectivity index (χ0n) is 11.2. The Labute approximate surface area is 126 Å². The number of hydrogen-bond donors (Lipinski definition) is 1. The van der Waals surface area contributed by atoms with Gasteiger partial charge in [0.15, 0.2) is 11.6 Å². The van der Waals surface area contributed by atoms with Crippen molar-refractivity contribution < 1.29 is 18.4 Å². The van der Waals surface area contributed by atoms with Crippen LogP contribution in [0.2, 0.25) is 0 Å². The fourth-order valence-corrected chi connectivity index (χ4v) is 2.48. The monoisotopic (exact) mass is 316 g/mol. The van der Waals surface area contributed by atoms with E-state index in [1.54, 1.807) is 4.90 Å². The zero-order chi connectivity index (χ0) is 15.4. The van der Waals surface area contributed by atoms with E-state index >= 15 is 0 Å². The van der Waals surface area contributed by atoms with Crippen molar-refractivity contribution in [2.24, 2.45) is 0 Å². The molecule has 2 amide bonds. The third-order valence-electron chi connectivity index (χ3n) is 3.41. The Balaban J connectivity index is 1.98. The molecule has 0 bridgehead atoms. The number of piperidine rings is 1. The number of nitrogens with zero attached hydrogens (tertiary/aromatic N) is 1. The molecule has 1 aliphatic heterocycles. The summed E-state index contributed by atoms with van der Waals surface area (Å²) < 4.78 is 25.9.